The standard InChI is InChI=1S/C16H11ClF3N3O2/c17-14-4-3-11(6-13(14)16(18,19)20)23-15(24)10(7-21)8-22-9-12-2-1-5-25-12/h1-6,8,22H,9H2,(H,23,24)/b10-8-. The number of rotatable bonds is 5. The smallest absolute Gasteiger partial charge is 0.417 e. The van der Waals surface area contributed by atoms with Crippen molar-refractivity contribution in [3.63, 3.8) is 0 Å². The maximum absolute atomic E-state index is 12.8. The Balaban J connectivity index is 2.08. The minimum atomic E-state index is -4.66. The third-order valence-electron chi connectivity index (χ3n) is 3.00. The van der Waals surface area contributed by atoms with Crippen molar-refractivity contribution in [2.45, 2.75) is 12.7 Å². The van der Waals surface area contributed by atoms with E-state index in [0.717, 1.165) is 12.3 Å². The number of nitrogens with one attached hydrogen (secondary N) is 2. The highest BCUT2D eigenvalue weighted by Gasteiger charge is 2.33. The first-order valence-electron chi connectivity index (χ1n) is 6.85. The molecule has 0 saturated heterocycles. The molecule has 2 N–H and O–H groups in total. The number of nitrogens with zero attached hydrogens (tertiary/aromatic N) is 1. The lowest BCUT2D eigenvalue weighted by Gasteiger charge is -2.11. The maximum Gasteiger partial charge on any atom is 0.417 e. The van der Waals surface area contributed by atoms with Gasteiger partial charge in [0.05, 0.1) is 23.4 Å². The third kappa shape index (κ3) is 5.02. The fourth-order valence-electron chi connectivity index (χ4n) is 1.83. The molecule has 2 aromatic rings. The number of amides is 1. The van der Waals surface area contributed by atoms with Crippen LogP contribution in [0.5, 0.6) is 0 Å². The summed E-state index contributed by atoms with van der Waals surface area (Å²) in [6.07, 6.45) is -2.04. The molecule has 0 saturated carbocycles. The zero-order chi connectivity index (χ0) is 18.4. The summed E-state index contributed by atoms with van der Waals surface area (Å²) in [5, 5.41) is 13.5. The Hall–Kier alpha value is -2.92. The first-order valence-corrected chi connectivity index (χ1v) is 7.23. The van der Waals surface area contributed by atoms with Gasteiger partial charge in [0, 0.05) is 11.9 Å². The van der Waals surface area contributed by atoms with E-state index in [1.165, 1.54) is 12.3 Å². The lowest BCUT2D eigenvalue weighted by atomic mass is 10.2. The van der Waals surface area contributed by atoms with Crippen molar-refractivity contribution >= 4 is 23.2 Å². The topological polar surface area (TPSA) is 78.1 Å². The minimum absolute atomic E-state index is 0.131. The number of hydrogen-bond donors (Lipinski definition) is 2. The zero-order valence-corrected chi connectivity index (χ0v) is 13.3. The van der Waals surface area contributed by atoms with E-state index < -0.39 is 22.7 Å². The van der Waals surface area contributed by atoms with Gasteiger partial charge in [0.15, 0.2) is 0 Å². The van der Waals surface area contributed by atoms with Crippen LogP contribution in [0.15, 0.2) is 52.8 Å². The van der Waals surface area contributed by atoms with Crippen molar-refractivity contribution in [1.82, 2.24) is 5.32 Å². The Bertz CT molecular complexity index is 824. The number of halogens is 4. The predicted molar refractivity (Wildman–Crippen MR) is 84.3 cm³/mol. The van der Waals surface area contributed by atoms with Crippen LogP contribution in [-0.2, 0) is 17.5 Å². The van der Waals surface area contributed by atoms with E-state index in [4.69, 9.17) is 21.3 Å². The van der Waals surface area contributed by atoms with Crippen LogP contribution < -0.4 is 10.6 Å². The van der Waals surface area contributed by atoms with E-state index in [1.54, 1.807) is 18.2 Å². The molecule has 0 fully saturated rings. The van der Waals surface area contributed by atoms with Crippen LogP contribution in [0, 0.1) is 11.3 Å². The number of nitriles is 1. The van der Waals surface area contributed by atoms with E-state index in [2.05, 4.69) is 10.6 Å². The molecule has 0 aliphatic rings. The monoisotopic (exact) mass is 369 g/mol. The molecule has 0 aliphatic heterocycles. The van der Waals surface area contributed by atoms with Gasteiger partial charge >= 0.3 is 6.18 Å². The number of carbonyl (C=O) groups excluding carboxylic acids is 1. The molecule has 130 valence electrons. The van der Waals surface area contributed by atoms with Crippen LogP contribution >= 0.6 is 11.6 Å². The number of benzene rings is 1. The highest BCUT2D eigenvalue weighted by molar-refractivity contribution is 6.31. The van der Waals surface area contributed by atoms with Gasteiger partial charge in [-0.05, 0) is 30.3 Å². The molecule has 0 unspecified atom stereocenters. The van der Waals surface area contributed by atoms with Crippen molar-refractivity contribution in [3.05, 3.63) is 64.7 Å². The second-order valence-electron chi connectivity index (χ2n) is 4.78. The molecule has 1 heterocycles. The zero-order valence-electron chi connectivity index (χ0n) is 12.5. The van der Waals surface area contributed by atoms with Crippen molar-refractivity contribution in [3.8, 4) is 6.07 Å². The molecular formula is C16H11ClF3N3O2. The molecule has 0 aliphatic carbocycles. The highest BCUT2D eigenvalue weighted by Crippen LogP contribution is 2.36. The van der Waals surface area contributed by atoms with Crippen molar-refractivity contribution in [1.29, 1.82) is 5.26 Å². The molecule has 0 spiro atoms. The average molecular weight is 370 g/mol. The van der Waals surface area contributed by atoms with Crippen LogP contribution in [0.4, 0.5) is 18.9 Å². The molecule has 2 rings (SSSR count). The molecule has 1 aromatic heterocycles. The van der Waals surface area contributed by atoms with Crippen LogP contribution in [0.1, 0.15) is 11.3 Å². The van der Waals surface area contributed by atoms with Gasteiger partial charge in [-0.15, -0.1) is 0 Å². The number of alkyl halides is 3. The van der Waals surface area contributed by atoms with E-state index in [9.17, 15) is 18.0 Å². The van der Waals surface area contributed by atoms with E-state index in [1.807, 2.05) is 0 Å². The summed E-state index contributed by atoms with van der Waals surface area (Å²) in [6.45, 7) is 0.241. The minimum Gasteiger partial charge on any atom is -0.467 e. The number of carbonyl (C=O) groups is 1. The number of anilines is 1. The van der Waals surface area contributed by atoms with Gasteiger partial charge in [0.1, 0.15) is 17.4 Å². The third-order valence-corrected chi connectivity index (χ3v) is 3.33. The lowest BCUT2D eigenvalue weighted by Crippen LogP contribution is -2.17. The summed E-state index contributed by atoms with van der Waals surface area (Å²) in [5.74, 6) is -0.272. The molecular weight excluding hydrogens is 359 g/mol. The molecule has 9 heteroatoms. The van der Waals surface area contributed by atoms with E-state index in [-0.39, 0.29) is 17.8 Å². The van der Waals surface area contributed by atoms with Gasteiger partial charge < -0.3 is 15.1 Å². The summed E-state index contributed by atoms with van der Waals surface area (Å²) in [4.78, 5) is 12.0. The Morgan fingerprint density at radius 3 is 2.72 bits per heavy atom. The van der Waals surface area contributed by atoms with Crippen LogP contribution in [-0.4, -0.2) is 5.91 Å². The number of hydrogen-bond acceptors (Lipinski definition) is 4. The fourth-order valence-corrected chi connectivity index (χ4v) is 2.06. The summed E-state index contributed by atoms with van der Waals surface area (Å²) < 4.78 is 43.5. The van der Waals surface area contributed by atoms with E-state index in [0.29, 0.717) is 11.8 Å². The Morgan fingerprint density at radius 2 is 2.12 bits per heavy atom. The Morgan fingerprint density at radius 1 is 1.36 bits per heavy atom. The van der Waals surface area contributed by atoms with Crippen LogP contribution in [0.25, 0.3) is 0 Å². The molecule has 0 atom stereocenters. The van der Waals surface area contributed by atoms with Gasteiger partial charge in [-0.3, -0.25) is 4.79 Å². The first-order chi connectivity index (χ1) is 11.8. The molecule has 25 heavy (non-hydrogen) atoms. The van der Waals surface area contributed by atoms with E-state index >= 15 is 0 Å². The van der Waals surface area contributed by atoms with Crippen molar-refractivity contribution in [2.75, 3.05) is 5.32 Å². The van der Waals surface area contributed by atoms with Crippen molar-refractivity contribution < 1.29 is 22.4 Å². The largest absolute Gasteiger partial charge is 0.467 e. The van der Waals surface area contributed by atoms with Gasteiger partial charge in [0.2, 0.25) is 0 Å². The summed E-state index contributed by atoms with van der Waals surface area (Å²) >= 11 is 5.51. The normalized spacial score (nSPS) is 11.7. The summed E-state index contributed by atoms with van der Waals surface area (Å²) in [6, 6.07) is 7.97. The average Bonchev–Trinajstić information content (AvgIpc) is 3.05. The number of furan rings is 1. The summed E-state index contributed by atoms with van der Waals surface area (Å²) in [5.41, 5.74) is -1.52. The van der Waals surface area contributed by atoms with Gasteiger partial charge in [-0.1, -0.05) is 11.6 Å². The Labute approximate surface area is 145 Å². The molecule has 1 aromatic carbocycles. The SMILES string of the molecule is N#C/C(=C/NCc1ccco1)C(=O)Nc1ccc(Cl)c(C(F)(F)F)c1. The molecule has 1 amide bonds. The maximum atomic E-state index is 12.8. The molecule has 0 radical (unpaired) electrons. The Kier molecular flexibility index (Phi) is 5.72. The predicted octanol–water partition coefficient (Wildman–Crippen LogP) is 4.09. The van der Waals surface area contributed by atoms with Gasteiger partial charge in [-0.25, -0.2) is 0 Å². The molecule has 0 bridgehead atoms. The van der Waals surface area contributed by atoms with Gasteiger partial charge in [-0.2, -0.15) is 18.4 Å². The van der Waals surface area contributed by atoms with Crippen LogP contribution in [0.3, 0.4) is 0 Å². The first kappa shape index (κ1) is 18.4. The van der Waals surface area contributed by atoms with Crippen molar-refractivity contribution in [2.24, 2.45) is 0 Å². The summed E-state index contributed by atoms with van der Waals surface area (Å²) in [7, 11) is 0. The van der Waals surface area contributed by atoms with Crippen LogP contribution in [0.2, 0.25) is 5.02 Å². The quantitative estimate of drug-likeness (QED) is 0.614. The fraction of sp³-hybridized carbons (Fsp3) is 0.125. The second-order valence-corrected chi connectivity index (χ2v) is 5.18. The second kappa shape index (κ2) is 7.77. The lowest BCUT2D eigenvalue weighted by molar-refractivity contribution is -0.137. The van der Waals surface area contributed by atoms with Gasteiger partial charge in [0.25, 0.3) is 5.91 Å². The molecule has 5 nitrogen and oxygen atoms in total. The highest BCUT2D eigenvalue weighted by atomic mass is 35.5.